The van der Waals surface area contributed by atoms with E-state index < -0.39 is 0 Å². The second-order valence-electron chi connectivity index (χ2n) is 15.7. The van der Waals surface area contributed by atoms with Crippen molar-refractivity contribution in [2.75, 3.05) is 0 Å². The van der Waals surface area contributed by atoms with Crippen molar-refractivity contribution in [2.45, 2.75) is 19.3 Å². The van der Waals surface area contributed by atoms with E-state index in [-0.39, 0.29) is 5.41 Å². The summed E-state index contributed by atoms with van der Waals surface area (Å²) in [6.45, 7) is 4.73. The van der Waals surface area contributed by atoms with E-state index >= 15 is 0 Å². The van der Waals surface area contributed by atoms with E-state index in [1.807, 2.05) is 36.4 Å². The fraction of sp³-hybridized carbons (Fsp3) is 0.0556. The average molecular weight is 743 g/mol. The van der Waals surface area contributed by atoms with Gasteiger partial charge in [-0.1, -0.05) is 178 Å². The van der Waals surface area contributed by atoms with Crippen LogP contribution in [0.4, 0.5) is 0 Å². The van der Waals surface area contributed by atoms with Crippen molar-refractivity contribution in [3.63, 3.8) is 0 Å². The van der Waals surface area contributed by atoms with Crippen molar-refractivity contribution in [2.24, 2.45) is 0 Å². The van der Waals surface area contributed by atoms with E-state index in [2.05, 4.69) is 176 Å². The lowest BCUT2D eigenvalue weighted by molar-refractivity contribution is 0.630. The maximum Gasteiger partial charge on any atom is 0.164 e. The Kier molecular flexibility index (Phi) is 7.80. The number of para-hydroxylation sites is 2. The zero-order chi connectivity index (χ0) is 38.8. The minimum atomic E-state index is -0.163. The standard InChI is InChI=1S/C54H38N4/c1-54(2)46-21-10-12-23-49(46)58-48-22-11-9-20-44(48)45-33-43(34-47(54)50(45)58)42-19-13-18-41(32-42)37-26-30-40(31-27-37)53-56-51(38-16-7-4-8-17-38)55-52(57-53)39-28-24-36(25-29-39)35-14-5-3-6-15-35/h3-34H,1-2H3. The lowest BCUT2D eigenvalue weighted by Gasteiger charge is -2.35. The molecule has 0 aliphatic carbocycles. The van der Waals surface area contributed by atoms with Crippen LogP contribution in [0.15, 0.2) is 194 Å². The lowest BCUT2D eigenvalue weighted by atomic mass is 9.74. The fourth-order valence-corrected chi connectivity index (χ4v) is 8.82. The number of rotatable bonds is 6. The molecule has 0 fully saturated rings. The summed E-state index contributed by atoms with van der Waals surface area (Å²) in [5.41, 5.74) is 16.2. The Bertz CT molecular complexity index is 3160. The van der Waals surface area contributed by atoms with Gasteiger partial charge in [-0.3, -0.25) is 0 Å². The summed E-state index contributed by atoms with van der Waals surface area (Å²) in [5.74, 6) is 1.93. The van der Waals surface area contributed by atoms with Gasteiger partial charge in [0, 0.05) is 32.9 Å². The number of hydrogen-bond acceptors (Lipinski definition) is 3. The molecule has 274 valence electrons. The second-order valence-corrected chi connectivity index (χ2v) is 15.7. The molecule has 8 aromatic carbocycles. The van der Waals surface area contributed by atoms with Crippen molar-refractivity contribution < 1.29 is 0 Å². The lowest BCUT2D eigenvalue weighted by Crippen LogP contribution is -2.26. The van der Waals surface area contributed by atoms with E-state index in [1.54, 1.807) is 0 Å². The van der Waals surface area contributed by atoms with E-state index in [0.29, 0.717) is 17.5 Å². The summed E-state index contributed by atoms with van der Waals surface area (Å²) in [6, 6.07) is 69.0. The average Bonchev–Trinajstić information content (AvgIpc) is 3.63. The number of nitrogens with zero attached hydrogens (tertiary/aromatic N) is 4. The van der Waals surface area contributed by atoms with Crippen LogP contribution in [0.3, 0.4) is 0 Å². The van der Waals surface area contributed by atoms with Crippen molar-refractivity contribution in [3.05, 3.63) is 205 Å². The Hall–Kier alpha value is -7.43. The highest BCUT2D eigenvalue weighted by Crippen LogP contribution is 2.49. The van der Waals surface area contributed by atoms with Crippen molar-refractivity contribution in [3.8, 4) is 73.2 Å². The van der Waals surface area contributed by atoms with Gasteiger partial charge in [0.25, 0.3) is 0 Å². The first-order valence-corrected chi connectivity index (χ1v) is 19.9. The molecule has 0 saturated carbocycles. The van der Waals surface area contributed by atoms with E-state index in [1.165, 1.54) is 55.3 Å². The van der Waals surface area contributed by atoms with Gasteiger partial charge in [0.05, 0.1) is 16.7 Å². The van der Waals surface area contributed by atoms with Crippen LogP contribution >= 0.6 is 0 Å². The van der Waals surface area contributed by atoms with Crippen LogP contribution in [-0.2, 0) is 5.41 Å². The molecule has 10 aromatic rings. The summed E-state index contributed by atoms with van der Waals surface area (Å²) in [5, 5.41) is 2.57. The minimum Gasteiger partial charge on any atom is -0.309 e. The van der Waals surface area contributed by atoms with Gasteiger partial charge in [-0.15, -0.1) is 0 Å². The molecule has 3 heterocycles. The minimum absolute atomic E-state index is 0.163. The van der Waals surface area contributed by atoms with Gasteiger partial charge in [-0.25, -0.2) is 15.0 Å². The van der Waals surface area contributed by atoms with Gasteiger partial charge in [0.15, 0.2) is 17.5 Å². The second kappa shape index (κ2) is 13.4. The Morgan fingerprint density at radius 2 is 0.810 bits per heavy atom. The Morgan fingerprint density at radius 3 is 1.47 bits per heavy atom. The normalized spacial score (nSPS) is 12.8. The summed E-state index contributed by atoms with van der Waals surface area (Å²) in [7, 11) is 0. The molecule has 0 N–H and O–H groups in total. The monoisotopic (exact) mass is 742 g/mol. The van der Waals surface area contributed by atoms with Crippen molar-refractivity contribution >= 4 is 21.8 Å². The van der Waals surface area contributed by atoms with Gasteiger partial charge in [-0.2, -0.15) is 0 Å². The van der Waals surface area contributed by atoms with Gasteiger partial charge in [-0.05, 0) is 74.8 Å². The topological polar surface area (TPSA) is 43.6 Å². The van der Waals surface area contributed by atoms with Crippen molar-refractivity contribution in [1.82, 2.24) is 19.5 Å². The first kappa shape index (κ1) is 33.9. The molecule has 1 aliphatic rings. The number of aromatic nitrogens is 4. The van der Waals surface area contributed by atoms with Crippen LogP contribution in [0.1, 0.15) is 25.0 Å². The van der Waals surface area contributed by atoms with E-state index in [9.17, 15) is 0 Å². The van der Waals surface area contributed by atoms with Crippen LogP contribution < -0.4 is 0 Å². The Labute approximate surface area is 337 Å². The third kappa shape index (κ3) is 5.56. The predicted octanol–water partition coefficient (Wildman–Crippen LogP) is 13.6. The molecule has 1 aliphatic heterocycles. The van der Waals surface area contributed by atoms with Crippen LogP contribution in [0.5, 0.6) is 0 Å². The Morgan fingerprint density at radius 1 is 0.345 bits per heavy atom. The maximum atomic E-state index is 5.03. The summed E-state index contributed by atoms with van der Waals surface area (Å²) >= 11 is 0. The van der Waals surface area contributed by atoms with E-state index in [4.69, 9.17) is 15.0 Å². The Balaban J connectivity index is 0.969. The number of benzene rings is 8. The van der Waals surface area contributed by atoms with Gasteiger partial charge in [0.1, 0.15) is 0 Å². The molecule has 0 spiro atoms. The van der Waals surface area contributed by atoms with Crippen LogP contribution in [0.2, 0.25) is 0 Å². The highest BCUT2D eigenvalue weighted by molar-refractivity contribution is 6.13. The molecule has 0 saturated heterocycles. The molecule has 0 bridgehead atoms. The first-order valence-electron chi connectivity index (χ1n) is 19.9. The molecule has 11 rings (SSSR count). The summed E-state index contributed by atoms with van der Waals surface area (Å²) in [4.78, 5) is 15.0. The summed E-state index contributed by atoms with van der Waals surface area (Å²) in [6.07, 6.45) is 0. The first-order chi connectivity index (χ1) is 28.5. The molecule has 58 heavy (non-hydrogen) atoms. The maximum absolute atomic E-state index is 5.03. The largest absolute Gasteiger partial charge is 0.309 e. The smallest absolute Gasteiger partial charge is 0.164 e. The molecule has 0 atom stereocenters. The molecule has 0 amide bonds. The SMILES string of the molecule is CC1(C)c2ccccc2-n2c3ccccc3c3cc(-c4cccc(-c5ccc(-c6nc(-c7ccccc7)nc(-c7ccc(-c8ccccc8)cc7)n6)cc5)c4)cc1c32. The highest BCUT2D eigenvalue weighted by Gasteiger charge is 2.35. The molecule has 2 aromatic heterocycles. The number of hydrogen-bond donors (Lipinski definition) is 0. The molecule has 0 unspecified atom stereocenters. The molecular weight excluding hydrogens is 705 g/mol. The highest BCUT2D eigenvalue weighted by atomic mass is 15.0. The molecular formula is C54H38N4. The number of fused-ring (bicyclic) bond motifs is 5. The third-order valence-electron chi connectivity index (χ3n) is 11.9. The fourth-order valence-electron chi connectivity index (χ4n) is 8.82. The predicted molar refractivity (Wildman–Crippen MR) is 239 cm³/mol. The molecule has 0 radical (unpaired) electrons. The van der Waals surface area contributed by atoms with Gasteiger partial charge < -0.3 is 4.57 Å². The van der Waals surface area contributed by atoms with Crippen LogP contribution in [0.25, 0.3) is 95.0 Å². The third-order valence-corrected chi connectivity index (χ3v) is 11.9. The quantitative estimate of drug-likeness (QED) is 0.170. The summed E-state index contributed by atoms with van der Waals surface area (Å²) < 4.78 is 2.47. The zero-order valence-electron chi connectivity index (χ0n) is 32.3. The van der Waals surface area contributed by atoms with Crippen molar-refractivity contribution in [1.29, 1.82) is 0 Å². The van der Waals surface area contributed by atoms with Crippen LogP contribution in [0, 0.1) is 0 Å². The van der Waals surface area contributed by atoms with Gasteiger partial charge in [0.2, 0.25) is 0 Å². The van der Waals surface area contributed by atoms with Gasteiger partial charge >= 0.3 is 0 Å². The van der Waals surface area contributed by atoms with Crippen LogP contribution in [-0.4, -0.2) is 19.5 Å². The zero-order valence-corrected chi connectivity index (χ0v) is 32.3. The van der Waals surface area contributed by atoms with E-state index in [0.717, 1.165) is 33.4 Å². The molecule has 4 nitrogen and oxygen atoms in total. The molecule has 4 heteroatoms.